The van der Waals surface area contributed by atoms with E-state index in [9.17, 15) is 4.79 Å². The fourth-order valence-electron chi connectivity index (χ4n) is 3.49. The highest BCUT2D eigenvalue weighted by atomic mass is 16.1. The van der Waals surface area contributed by atoms with Crippen LogP contribution in [0.25, 0.3) is 44.5 Å². The average Bonchev–Trinajstić information content (AvgIpc) is 3.36. The van der Waals surface area contributed by atoms with Gasteiger partial charge in [-0.15, -0.1) is 0 Å². The number of nitrogens with zero attached hydrogens (tertiary/aromatic N) is 4. The number of fused-ring (bicyclic) bond motifs is 2. The number of aromatic nitrogens is 6. The molecule has 6 N–H and O–H groups in total. The smallest absolute Gasteiger partial charge is 0.269 e. The maximum atomic E-state index is 12.1. The summed E-state index contributed by atoms with van der Waals surface area (Å²) in [6.07, 6.45) is 3.44. The number of nitrogens with one attached hydrogen (secondary N) is 2. The van der Waals surface area contributed by atoms with E-state index in [2.05, 4.69) is 25.4 Å². The van der Waals surface area contributed by atoms with E-state index in [1.54, 1.807) is 12.4 Å². The van der Waals surface area contributed by atoms with Crippen LogP contribution in [0, 0.1) is 6.92 Å². The summed E-state index contributed by atoms with van der Waals surface area (Å²) >= 11 is 0. The summed E-state index contributed by atoms with van der Waals surface area (Å²) in [7, 11) is 0. The van der Waals surface area contributed by atoms with Crippen molar-refractivity contribution >= 4 is 33.4 Å². The zero-order valence-electron chi connectivity index (χ0n) is 15.4. The van der Waals surface area contributed by atoms with Crippen LogP contribution in [-0.4, -0.2) is 36.3 Å². The van der Waals surface area contributed by atoms with Gasteiger partial charge in [-0.2, -0.15) is 10.2 Å². The first-order valence-corrected chi connectivity index (χ1v) is 8.87. The summed E-state index contributed by atoms with van der Waals surface area (Å²) in [5.74, 6) is -0.369. The van der Waals surface area contributed by atoms with Crippen LogP contribution in [0.4, 0.5) is 5.69 Å². The maximum Gasteiger partial charge on any atom is 0.269 e. The number of nitrogens with two attached hydrogens (primary N) is 2. The molecule has 29 heavy (non-hydrogen) atoms. The van der Waals surface area contributed by atoms with E-state index in [0.717, 1.165) is 32.9 Å². The molecule has 0 aliphatic carbocycles. The fourth-order valence-corrected chi connectivity index (χ4v) is 3.49. The van der Waals surface area contributed by atoms with Crippen molar-refractivity contribution in [2.75, 3.05) is 5.73 Å². The Morgan fingerprint density at radius 1 is 1.00 bits per heavy atom. The summed E-state index contributed by atoms with van der Waals surface area (Å²) in [5, 5.41) is 15.8. The summed E-state index contributed by atoms with van der Waals surface area (Å²) in [5.41, 5.74) is 16.5. The van der Waals surface area contributed by atoms with Crippen LogP contribution in [-0.2, 0) is 0 Å². The fraction of sp³-hybridized carbons (Fsp3) is 0.0500. The Balaban J connectivity index is 1.82. The summed E-state index contributed by atoms with van der Waals surface area (Å²) < 4.78 is 0. The lowest BCUT2D eigenvalue weighted by Gasteiger charge is -2.13. The molecule has 0 atom stereocenters. The molecule has 1 amide bonds. The topological polar surface area (TPSA) is 152 Å². The van der Waals surface area contributed by atoms with Gasteiger partial charge in [-0.1, -0.05) is 18.2 Å². The van der Waals surface area contributed by atoms with E-state index in [1.165, 1.54) is 0 Å². The molecule has 5 rings (SSSR count). The van der Waals surface area contributed by atoms with Crippen molar-refractivity contribution in [3.8, 4) is 22.6 Å². The van der Waals surface area contributed by atoms with E-state index >= 15 is 0 Å². The van der Waals surface area contributed by atoms with Gasteiger partial charge in [0.15, 0.2) is 11.5 Å². The zero-order chi connectivity index (χ0) is 20.1. The predicted molar refractivity (Wildman–Crippen MR) is 110 cm³/mol. The van der Waals surface area contributed by atoms with Crippen molar-refractivity contribution in [1.29, 1.82) is 0 Å². The van der Waals surface area contributed by atoms with Crippen LogP contribution in [0.5, 0.6) is 0 Å². The number of primary amides is 1. The second-order valence-electron chi connectivity index (χ2n) is 6.78. The first kappa shape index (κ1) is 16.9. The van der Waals surface area contributed by atoms with Crippen molar-refractivity contribution in [3.05, 3.63) is 54.0 Å². The quantitative estimate of drug-likeness (QED) is 0.375. The monoisotopic (exact) mass is 384 g/mol. The van der Waals surface area contributed by atoms with Crippen molar-refractivity contribution in [2.45, 2.75) is 6.92 Å². The number of hydrogen-bond acceptors (Lipinski definition) is 6. The third-order valence-corrected chi connectivity index (χ3v) is 4.95. The van der Waals surface area contributed by atoms with Gasteiger partial charge in [0.1, 0.15) is 0 Å². The zero-order valence-corrected chi connectivity index (χ0v) is 15.4. The SMILES string of the molecule is Cc1ccc2[nH]ncc2c1-c1nc(-c2ccc3cn[nH]c3c2)nc(C(N)=O)c1N. The molecule has 0 fully saturated rings. The van der Waals surface area contributed by atoms with Gasteiger partial charge in [-0.25, -0.2) is 9.97 Å². The number of aromatic amines is 2. The van der Waals surface area contributed by atoms with Gasteiger partial charge in [0, 0.05) is 21.9 Å². The number of aryl methyl sites for hydroxylation is 1. The Morgan fingerprint density at radius 3 is 2.62 bits per heavy atom. The molecule has 2 aromatic carbocycles. The Hall–Kier alpha value is -4.27. The first-order valence-electron chi connectivity index (χ1n) is 8.87. The van der Waals surface area contributed by atoms with E-state index in [-0.39, 0.29) is 11.4 Å². The normalized spacial score (nSPS) is 11.3. The number of benzene rings is 2. The largest absolute Gasteiger partial charge is 0.395 e. The first-order chi connectivity index (χ1) is 14.0. The van der Waals surface area contributed by atoms with Gasteiger partial charge in [0.2, 0.25) is 0 Å². The van der Waals surface area contributed by atoms with Crippen LogP contribution in [0.15, 0.2) is 42.7 Å². The van der Waals surface area contributed by atoms with Gasteiger partial charge in [0.25, 0.3) is 5.91 Å². The standard InChI is InChI=1S/C20H16N8O/c1-9-2-5-13-12(8-24-27-13)15(9)17-16(21)18(19(22)29)26-20(25-17)10-3-4-11-7-23-28-14(11)6-10/h2-8H,21H2,1H3,(H2,22,29)(H,23,28)(H,24,27). The minimum absolute atomic E-state index is 0.0189. The van der Waals surface area contributed by atoms with E-state index in [1.807, 2.05) is 37.3 Å². The third kappa shape index (κ3) is 2.59. The van der Waals surface area contributed by atoms with Crippen LogP contribution in [0.1, 0.15) is 16.1 Å². The van der Waals surface area contributed by atoms with Crippen LogP contribution in [0.3, 0.4) is 0 Å². The van der Waals surface area contributed by atoms with Crippen molar-refractivity contribution < 1.29 is 4.79 Å². The van der Waals surface area contributed by atoms with Gasteiger partial charge in [-0.3, -0.25) is 15.0 Å². The number of nitrogen functional groups attached to an aromatic ring is 1. The van der Waals surface area contributed by atoms with Crippen molar-refractivity contribution in [3.63, 3.8) is 0 Å². The number of anilines is 1. The summed E-state index contributed by atoms with van der Waals surface area (Å²) in [4.78, 5) is 21.1. The average molecular weight is 384 g/mol. The van der Waals surface area contributed by atoms with Gasteiger partial charge >= 0.3 is 0 Å². The molecule has 0 saturated carbocycles. The van der Waals surface area contributed by atoms with Crippen molar-refractivity contribution in [2.24, 2.45) is 5.73 Å². The summed E-state index contributed by atoms with van der Waals surface area (Å²) in [6, 6.07) is 9.51. The second-order valence-corrected chi connectivity index (χ2v) is 6.78. The van der Waals surface area contributed by atoms with E-state index in [0.29, 0.717) is 17.1 Å². The lowest BCUT2D eigenvalue weighted by molar-refractivity contribution is 0.0996. The molecule has 0 spiro atoms. The van der Waals surface area contributed by atoms with E-state index < -0.39 is 5.91 Å². The molecule has 9 nitrogen and oxygen atoms in total. The Labute approximate surface area is 164 Å². The Morgan fingerprint density at radius 2 is 1.79 bits per heavy atom. The molecular weight excluding hydrogens is 368 g/mol. The Bertz CT molecular complexity index is 1420. The number of amides is 1. The minimum atomic E-state index is -0.716. The Kier molecular flexibility index (Phi) is 3.56. The van der Waals surface area contributed by atoms with Gasteiger partial charge in [-0.05, 0) is 24.6 Å². The highest BCUT2D eigenvalue weighted by molar-refractivity contribution is 6.04. The molecule has 3 heterocycles. The lowest BCUT2D eigenvalue weighted by Crippen LogP contribution is -2.18. The minimum Gasteiger partial charge on any atom is -0.395 e. The van der Waals surface area contributed by atoms with E-state index in [4.69, 9.17) is 16.5 Å². The maximum absolute atomic E-state index is 12.1. The third-order valence-electron chi connectivity index (χ3n) is 4.95. The van der Waals surface area contributed by atoms with Crippen LogP contribution < -0.4 is 11.5 Å². The summed E-state index contributed by atoms with van der Waals surface area (Å²) in [6.45, 7) is 1.95. The molecule has 0 bridgehead atoms. The molecule has 0 unspecified atom stereocenters. The molecule has 5 aromatic rings. The molecule has 0 radical (unpaired) electrons. The molecule has 0 saturated heterocycles. The van der Waals surface area contributed by atoms with Gasteiger partial charge < -0.3 is 11.5 Å². The number of hydrogen-bond donors (Lipinski definition) is 4. The number of H-pyrrole nitrogens is 2. The highest BCUT2D eigenvalue weighted by Gasteiger charge is 2.21. The lowest BCUT2D eigenvalue weighted by atomic mass is 9.99. The molecule has 3 aromatic heterocycles. The molecular formula is C20H16N8O. The number of rotatable bonds is 3. The highest BCUT2D eigenvalue weighted by Crippen LogP contribution is 2.35. The number of carbonyl (C=O) groups excluding carboxylic acids is 1. The molecule has 0 aliphatic heterocycles. The van der Waals surface area contributed by atoms with Gasteiger partial charge in [0.05, 0.1) is 34.8 Å². The molecule has 9 heteroatoms. The second kappa shape index (κ2) is 6.13. The van der Waals surface area contributed by atoms with Crippen LogP contribution in [0.2, 0.25) is 0 Å². The van der Waals surface area contributed by atoms with Crippen LogP contribution >= 0.6 is 0 Å². The molecule has 142 valence electrons. The predicted octanol–water partition coefficient (Wildman–Crippen LogP) is 2.55. The molecule has 0 aliphatic rings. The van der Waals surface area contributed by atoms with Crippen molar-refractivity contribution in [1.82, 2.24) is 30.4 Å². The number of carbonyl (C=O) groups is 1.